The van der Waals surface area contributed by atoms with E-state index in [-0.39, 0.29) is 31.0 Å². The van der Waals surface area contributed by atoms with Gasteiger partial charge in [0.15, 0.2) is 0 Å². The van der Waals surface area contributed by atoms with Crippen molar-refractivity contribution in [2.24, 2.45) is 0 Å². The van der Waals surface area contributed by atoms with Gasteiger partial charge in [-0.25, -0.2) is 0 Å². The fourth-order valence-electron chi connectivity index (χ4n) is 6.00. The molecule has 3 fully saturated rings. The second-order valence-corrected chi connectivity index (χ2v) is 8.85. The van der Waals surface area contributed by atoms with Crippen LogP contribution >= 0.6 is 0 Å². The van der Waals surface area contributed by atoms with Crippen LogP contribution in [0.2, 0.25) is 0 Å². The van der Waals surface area contributed by atoms with E-state index in [0.29, 0.717) is 0 Å². The summed E-state index contributed by atoms with van der Waals surface area (Å²) in [5.41, 5.74) is 5.46. The largest absolute Gasteiger partial charge is 1.00 e. The van der Waals surface area contributed by atoms with E-state index in [1.54, 1.807) is 11.1 Å². The fraction of sp³-hybridized carbons (Fsp3) is 0.750. The molecule has 1 aromatic rings. The molecule has 4 rings (SSSR count). The second kappa shape index (κ2) is 9.95. The normalized spacial score (nSPS) is 24.0. The molecule has 1 aromatic carbocycles. The van der Waals surface area contributed by atoms with Crippen molar-refractivity contribution in [1.82, 2.24) is 0 Å². The SMILES string of the molecule is [H-].[Na+].c1cc(C2CCCCC2)c(C2CCCCC2)c(C2CCCCC2)c1. The summed E-state index contributed by atoms with van der Waals surface area (Å²) < 4.78 is 0. The summed E-state index contributed by atoms with van der Waals surface area (Å²) in [6.07, 6.45) is 21.9. The molecule has 0 aromatic heterocycles. The smallest absolute Gasteiger partial charge is 1.00 e. The van der Waals surface area contributed by atoms with Crippen molar-refractivity contribution in [1.29, 1.82) is 0 Å². The maximum absolute atomic E-state index is 2.53. The van der Waals surface area contributed by atoms with Gasteiger partial charge >= 0.3 is 29.6 Å². The first-order valence-electron chi connectivity index (χ1n) is 11.1. The van der Waals surface area contributed by atoms with E-state index in [2.05, 4.69) is 18.2 Å². The molecule has 0 amide bonds. The first-order chi connectivity index (χ1) is 11.9. The molecule has 0 saturated heterocycles. The van der Waals surface area contributed by atoms with Gasteiger partial charge in [0.25, 0.3) is 0 Å². The van der Waals surface area contributed by atoms with Crippen molar-refractivity contribution in [3.63, 3.8) is 0 Å². The zero-order valence-corrected chi connectivity index (χ0v) is 18.6. The van der Waals surface area contributed by atoms with Crippen LogP contribution in [0.15, 0.2) is 18.2 Å². The third-order valence-corrected chi connectivity index (χ3v) is 7.28. The Balaban J connectivity index is 0.00000121. The average Bonchev–Trinajstić information content (AvgIpc) is 2.69. The standard InChI is InChI=1S/C24H36.Na.H/c1-4-11-19(12-5-1)22-17-10-18-23(20-13-6-2-7-14-20)24(22)21-15-8-3-9-16-21;;/h10,17-21H,1-9,11-16H2;;/q;+1;-1. The van der Waals surface area contributed by atoms with E-state index in [0.717, 1.165) is 17.8 Å². The minimum absolute atomic E-state index is 0. The Morgan fingerprint density at radius 3 is 1.28 bits per heavy atom. The van der Waals surface area contributed by atoms with Crippen molar-refractivity contribution in [2.75, 3.05) is 0 Å². The van der Waals surface area contributed by atoms with Crippen LogP contribution in [0.1, 0.15) is 132 Å². The fourth-order valence-corrected chi connectivity index (χ4v) is 6.00. The summed E-state index contributed by atoms with van der Waals surface area (Å²) in [7, 11) is 0. The molecule has 0 bridgehead atoms. The molecule has 0 spiro atoms. The van der Waals surface area contributed by atoms with Crippen molar-refractivity contribution in [3.05, 3.63) is 34.9 Å². The summed E-state index contributed by atoms with van der Waals surface area (Å²) in [6, 6.07) is 7.48. The summed E-state index contributed by atoms with van der Waals surface area (Å²) in [6.45, 7) is 0. The van der Waals surface area contributed by atoms with Crippen molar-refractivity contribution < 1.29 is 31.0 Å². The monoisotopic (exact) mass is 348 g/mol. The van der Waals surface area contributed by atoms with Crippen molar-refractivity contribution in [3.8, 4) is 0 Å². The van der Waals surface area contributed by atoms with E-state index in [1.807, 2.05) is 5.56 Å². The van der Waals surface area contributed by atoms with Crippen LogP contribution in [0, 0.1) is 0 Å². The second-order valence-electron chi connectivity index (χ2n) is 8.85. The van der Waals surface area contributed by atoms with Gasteiger partial charge in [-0.15, -0.1) is 0 Å². The molecule has 0 atom stereocenters. The molecule has 0 unspecified atom stereocenters. The van der Waals surface area contributed by atoms with Gasteiger partial charge in [0.05, 0.1) is 0 Å². The van der Waals surface area contributed by atoms with E-state index in [4.69, 9.17) is 0 Å². The van der Waals surface area contributed by atoms with Gasteiger partial charge in [0, 0.05) is 0 Å². The molecular formula is C24H37Na. The van der Waals surface area contributed by atoms with Crippen LogP contribution in [-0.4, -0.2) is 0 Å². The zero-order valence-electron chi connectivity index (χ0n) is 17.6. The summed E-state index contributed by atoms with van der Waals surface area (Å²) in [5.74, 6) is 2.63. The van der Waals surface area contributed by atoms with Crippen LogP contribution < -0.4 is 29.6 Å². The summed E-state index contributed by atoms with van der Waals surface area (Å²) >= 11 is 0. The van der Waals surface area contributed by atoms with Crippen LogP contribution in [0.4, 0.5) is 0 Å². The molecule has 1 heteroatoms. The van der Waals surface area contributed by atoms with E-state index in [1.165, 1.54) is 96.3 Å². The molecule has 134 valence electrons. The van der Waals surface area contributed by atoms with Crippen LogP contribution in [-0.2, 0) is 0 Å². The Morgan fingerprint density at radius 2 is 0.880 bits per heavy atom. The minimum atomic E-state index is 0. The Hall–Kier alpha value is 0.220. The molecule has 3 saturated carbocycles. The molecule has 0 heterocycles. The van der Waals surface area contributed by atoms with Crippen LogP contribution in [0.25, 0.3) is 0 Å². The van der Waals surface area contributed by atoms with E-state index >= 15 is 0 Å². The molecule has 25 heavy (non-hydrogen) atoms. The number of hydrogen-bond acceptors (Lipinski definition) is 0. The number of benzene rings is 1. The molecule has 3 aliphatic carbocycles. The number of rotatable bonds is 3. The third kappa shape index (κ3) is 4.74. The first-order valence-corrected chi connectivity index (χ1v) is 11.1. The Morgan fingerprint density at radius 1 is 0.520 bits per heavy atom. The van der Waals surface area contributed by atoms with Crippen LogP contribution in [0.3, 0.4) is 0 Å². The molecule has 3 aliphatic rings. The van der Waals surface area contributed by atoms with Gasteiger partial charge in [-0.1, -0.05) is 76.0 Å². The Bertz CT molecular complexity index is 487. The maximum Gasteiger partial charge on any atom is 1.00 e. The summed E-state index contributed by atoms with van der Waals surface area (Å²) in [4.78, 5) is 0. The van der Waals surface area contributed by atoms with Gasteiger partial charge in [0.1, 0.15) is 0 Å². The van der Waals surface area contributed by atoms with Crippen molar-refractivity contribution in [2.45, 2.75) is 114 Å². The van der Waals surface area contributed by atoms with Gasteiger partial charge < -0.3 is 1.43 Å². The Kier molecular flexibility index (Phi) is 7.95. The number of hydrogen-bond donors (Lipinski definition) is 0. The first kappa shape index (κ1) is 20.0. The molecule has 0 nitrogen and oxygen atoms in total. The maximum atomic E-state index is 2.53. The summed E-state index contributed by atoms with van der Waals surface area (Å²) in [5, 5.41) is 0. The zero-order chi connectivity index (χ0) is 16.2. The predicted octanol–water partition coefficient (Wildman–Crippen LogP) is 4.95. The van der Waals surface area contributed by atoms with Gasteiger partial charge in [0.2, 0.25) is 0 Å². The quantitative estimate of drug-likeness (QED) is 0.678. The van der Waals surface area contributed by atoms with Crippen molar-refractivity contribution >= 4 is 0 Å². The minimum Gasteiger partial charge on any atom is -1.00 e. The molecule has 0 radical (unpaired) electrons. The topological polar surface area (TPSA) is 0 Å². The van der Waals surface area contributed by atoms with E-state index in [9.17, 15) is 0 Å². The van der Waals surface area contributed by atoms with Gasteiger partial charge in [-0.3, -0.25) is 0 Å². The predicted molar refractivity (Wildman–Crippen MR) is 105 cm³/mol. The average molecular weight is 349 g/mol. The van der Waals surface area contributed by atoms with Crippen LogP contribution in [0.5, 0.6) is 0 Å². The van der Waals surface area contributed by atoms with Gasteiger partial charge in [-0.2, -0.15) is 0 Å². The molecular weight excluding hydrogens is 311 g/mol. The molecule has 0 aliphatic heterocycles. The van der Waals surface area contributed by atoms with Gasteiger partial charge in [-0.05, 0) is 73.0 Å². The third-order valence-electron chi connectivity index (χ3n) is 7.28. The van der Waals surface area contributed by atoms with E-state index < -0.39 is 0 Å². The Labute approximate surface area is 179 Å². The molecule has 0 N–H and O–H groups in total.